The van der Waals surface area contributed by atoms with Gasteiger partial charge in [0.05, 0.1) is 30.9 Å². The predicted molar refractivity (Wildman–Crippen MR) is 123 cm³/mol. The topological polar surface area (TPSA) is 81.0 Å². The molecule has 5 nitrogen and oxygen atoms in total. The maximum absolute atomic E-state index is 12.5. The Morgan fingerprint density at radius 3 is 2.45 bits per heavy atom. The van der Waals surface area contributed by atoms with Gasteiger partial charge in [-0.05, 0) is 43.5 Å². The summed E-state index contributed by atoms with van der Waals surface area (Å²) in [5, 5.41) is 9.16. The number of nitriles is 1. The van der Waals surface area contributed by atoms with E-state index in [0.717, 1.165) is 59.5 Å². The summed E-state index contributed by atoms with van der Waals surface area (Å²) in [5.74, 6) is 0.378. The third-order valence-electron chi connectivity index (χ3n) is 5.72. The molecule has 5 heteroatoms. The molecule has 3 aromatic rings. The molecule has 0 aliphatic heterocycles. The quantitative estimate of drug-likeness (QED) is 0.486. The van der Waals surface area contributed by atoms with Crippen LogP contribution in [-0.2, 0) is 13.0 Å². The molecule has 0 aliphatic rings. The normalized spacial score (nSPS) is 10.6. The summed E-state index contributed by atoms with van der Waals surface area (Å²) >= 11 is 0. The van der Waals surface area contributed by atoms with Crippen molar-refractivity contribution in [2.45, 2.75) is 46.1 Å². The van der Waals surface area contributed by atoms with Crippen LogP contribution in [0.25, 0.3) is 11.1 Å². The molecular formula is C26H29N3O2. The summed E-state index contributed by atoms with van der Waals surface area (Å²) in [4.78, 5) is 12.5. The van der Waals surface area contributed by atoms with Gasteiger partial charge in [-0.25, -0.2) is 0 Å². The van der Waals surface area contributed by atoms with Crippen molar-refractivity contribution in [1.29, 1.82) is 5.26 Å². The van der Waals surface area contributed by atoms with Crippen molar-refractivity contribution < 1.29 is 9.53 Å². The molecule has 0 bridgehead atoms. The zero-order valence-electron chi connectivity index (χ0n) is 18.4. The minimum atomic E-state index is -0.438. The Balaban J connectivity index is 2.21. The predicted octanol–water partition coefficient (Wildman–Crippen LogP) is 5.22. The summed E-state index contributed by atoms with van der Waals surface area (Å²) in [6.45, 7) is 4.72. The van der Waals surface area contributed by atoms with Crippen molar-refractivity contribution in [3.63, 3.8) is 0 Å². The number of methoxy groups -OCH3 is 1. The van der Waals surface area contributed by atoms with Gasteiger partial charge in [-0.3, -0.25) is 4.79 Å². The van der Waals surface area contributed by atoms with Crippen molar-refractivity contribution in [2.24, 2.45) is 5.73 Å². The monoisotopic (exact) mass is 415 g/mol. The second-order valence-electron chi connectivity index (χ2n) is 7.69. The fraction of sp³-hybridized carbons (Fsp3) is 0.308. The lowest BCUT2D eigenvalue weighted by Gasteiger charge is -2.15. The van der Waals surface area contributed by atoms with Gasteiger partial charge in [0.15, 0.2) is 0 Å². The van der Waals surface area contributed by atoms with Crippen LogP contribution in [0, 0.1) is 18.3 Å². The van der Waals surface area contributed by atoms with Gasteiger partial charge in [0, 0.05) is 22.5 Å². The molecule has 0 saturated carbocycles. The lowest BCUT2D eigenvalue weighted by atomic mass is 9.96. The maximum Gasteiger partial charge on any atom is 0.251 e. The molecule has 0 aliphatic carbocycles. The van der Waals surface area contributed by atoms with Crippen LogP contribution in [0.5, 0.6) is 5.75 Å². The van der Waals surface area contributed by atoms with Gasteiger partial charge in [-0.15, -0.1) is 0 Å². The number of ether oxygens (including phenoxy) is 1. The molecule has 0 saturated heterocycles. The molecule has 0 spiro atoms. The molecule has 2 aromatic carbocycles. The van der Waals surface area contributed by atoms with Gasteiger partial charge in [-0.1, -0.05) is 50.1 Å². The lowest BCUT2D eigenvalue weighted by Crippen LogP contribution is -2.13. The van der Waals surface area contributed by atoms with E-state index in [4.69, 9.17) is 15.7 Å². The van der Waals surface area contributed by atoms with E-state index in [2.05, 4.69) is 17.6 Å². The van der Waals surface area contributed by atoms with E-state index in [1.165, 1.54) is 0 Å². The van der Waals surface area contributed by atoms with Crippen LogP contribution < -0.4 is 10.5 Å². The van der Waals surface area contributed by atoms with E-state index in [0.29, 0.717) is 17.7 Å². The number of benzene rings is 2. The molecule has 1 heterocycles. The van der Waals surface area contributed by atoms with Crippen LogP contribution in [-0.4, -0.2) is 17.6 Å². The first-order chi connectivity index (χ1) is 15.0. The molecule has 31 heavy (non-hydrogen) atoms. The summed E-state index contributed by atoms with van der Waals surface area (Å²) in [5.41, 5.74) is 11.8. The molecule has 0 unspecified atom stereocenters. The average Bonchev–Trinajstić information content (AvgIpc) is 3.06. The first-order valence-electron chi connectivity index (χ1n) is 10.7. The van der Waals surface area contributed by atoms with E-state index >= 15 is 0 Å². The number of para-hydroxylation sites is 1. The maximum atomic E-state index is 12.5. The number of carbonyl (C=O) groups excluding carboxylic acids is 1. The van der Waals surface area contributed by atoms with Crippen molar-refractivity contribution in [3.05, 3.63) is 76.6 Å². The zero-order valence-corrected chi connectivity index (χ0v) is 18.4. The Morgan fingerprint density at radius 2 is 1.84 bits per heavy atom. The highest BCUT2D eigenvalue weighted by atomic mass is 16.5. The van der Waals surface area contributed by atoms with Crippen molar-refractivity contribution >= 4 is 5.91 Å². The minimum absolute atomic E-state index is 0.438. The number of primary amides is 1. The van der Waals surface area contributed by atoms with Gasteiger partial charge in [0.2, 0.25) is 0 Å². The fourth-order valence-electron chi connectivity index (χ4n) is 4.14. The molecule has 0 fully saturated rings. The van der Waals surface area contributed by atoms with Gasteiger partial charge < -0.3 is 15.0 Å². The van der Waals surface area contributed by atoms with Crippen LogP contribution in [0.1, 0.15) is 59.1 Å². The van der Waals surface area contributed by atoms with Gasteiger partial charge in [-0.2, -0.15) is 5.26 Å². The largest absolute Gasteiger partial charge is 0.496 e. The number of unbranched alkanes of at least 4 members (excludes halogenated alkanes) is 2. The van der Waals surface area contributed by atoms with Gasteiger partial charge in [0.25, 0.3) is 5.91 Å². The number of rotatable bonds is 9. The second kappa shape index (κ2) is 9.99. The third-order valence-corrected chi connectivity index (χ3v) is 5.72. The molecule has 160 valence electrons. The SMILES string of the molecule is CCCCCc1c(-c2ccc(C#N)cc2)c(C(N)=O)c(C)n1Cc1ccccc1OC. The number of nitrogens with two attached hydrogens (primary N) is 1. The van der Waals surface area contributed by atoms with Crippen LogP contribution in [0.2, 0.25) is 0 Å². The van der Waals surface area contributed by atoms with E-state index in [1.54, 1.807) is 19.2 Å². The number of aromatic nitrogens is 1. The third kappa shape index (κ3) is 4.64. The van der Waals surface area contributed by atoms with Crippen molar-refractivity contribution in [3.8, 4) is 22.9 Å². The van der Waals surface area contributed by atoms with E-state index < -0.39 is 5.91 Å². The lowest BCUT2D eigenvalue weighted by molar-refractivity contribution is 0.1000. The first kappa shape index (κ1) is 22.2. The Kier molecular flexibility index (Phi) is 7.15. The van der Waals surface area contributed by atoms with E-state index in [1.807, 2.05) is 43.3 Å². The Bertz CT molecular complexity index is 1100. The molecule has 0 radical (unpaired) electrons. The van der Waals surface area contributed by atoms with Crippen molar-refractivity contribution in [2.75, 3.05) is 7.11 Å². The number of hydrogen-bond acceptors (Lipinski definition) is 3. The summed E-state index contributed by atoms with van der Waals surface area (Å²) in [7, 11) is 1.67. The highest BCUT2D eigenvalue weighted by molar-refractivity contribution is 6.02. The van der Waals surface area contributed by atoms with Crippen LogP contribution >= 0.6 is 0 Å². The van der Waals surface area contributed by atoms with E-state index in [-0.39, 0.29) is 0 Å². The average molecular weight is 416 g/mol. The second-order valence-corrected chi connectivity index (χ2v) is 7.69. The van der Waals surface area contributed by atoms with Crippen molar-refractivity contribution in [1.82, 2.24) is 4.57 Å². The van der Waals surface area contributed by atoms with Gasteiger partial charge >= 0.3 is 0 Å². The highest BCUT2D eigenvalue weighted by Gasteiger charge is 2.25. The Labute approximate surface area is 184 Å². The molecule has 1 amide bonds. The molecule has 0 atom stereocenters. The molecular weight excluding hydrogens is 386 g/mol. The molecule has 1 aromatic heterocycles. The Morgan fingerprint density at radius 1 is 1.13 bits per heavy atom. The van der Waals surface area contributed by atoms with Crippen LogP contribution in [0.15, 0.2) is 48.5 Å². The molecule has 2 N–H and O–H groups in total. The van der Waals surface area contributed by atoms with Crippen LogP contribution in [0.4, 0.5) is 0 Å². The highest BCUT2D eigenvalue weighted by Crippen LogP contribution is 2.35. The number of nitrogens with zero attached hydrogens (tertiary/aromatic N) is 2. The smallest absolute Gasteiger partial charge is 0.251 e. The fourth-order valence-corrected chi connectivity index (χ4v) is 4.14. The van der Waals surface area contributed by atoms with Gasteiger partial charge in [0.1, 0.15) is 5.75 Å². The number of carbonyl (C=O) groups is 1. The minimum Gasteiger partial charge on any atom is -0.496 e. The summed E-state index contributed by atoms with van der Waals surface area (Å²) in [6.07, 6.45) is 4.08. The molecule has 3 rings (SSSR count). The summed E-state index contributed by atoms with van der Waals surface area (Å²) < 4.78 is 7.75. The van der Waals surface area contributed by atoms with Crippen LogP contribution in [0.3, 0.4) is 0 Å². The Hall–Kier alpha value is -3.52. The number of amides is 1. The summed E-state index contributed by atoms with van der Waals surface area (Å²) in [6, 6.07) is 17.4. The van der Waals surface area contributed by atoms with E-state index in [9.17, 15) is 4.79 Å². The standard InChI is InChI=1S/C26H29N3O2/c1-4-5-6-10-22-25(20-14-12-19(16-27)13-15-20)24(26(28)30)18(2)29(22)17-21-9-7-8-11-23(21)31-3/h7-9,11-15H,4-6,10,17H2,1-3H3,(H2,28,30). The number of hydrogen-bond donors (Lipinski definition) is 1. The zero-order chi connectivity index (χ0) is 22.4. The first-order valence-corrected chi connectivity index (χ1v) is 10.7.